The fourth-order valence-corrected chi connectivity index (χ4v) is 5.38. The maximum Gasteiger partial charge on any atom is 0.329 e. The highest BCUT2D eigenvalue weighted by Gasteiger charge is 2.26. The largest absolute Gasteiger partial charge is 0.508 e. The second kappa shape index (κ2) is 12.4. The summed E-state index contributed by atoms with van der Waals surface area (Å²) in [6.07, 6.45) is 0.131. The molecule has 10 heteroatoms. The third-order valence-corrected chi connectivity index (χ3v) is 7.37. The minimum Gasteiger partial charge on any atom is -0.508 e. The Morgan fingerprint density at radius 1 is 0.974 bits per heavy atom. The molecule has 5 rings (SSSR count). The van der Waals surface area contributed by atoms with Crippen molar-refractivity contribution in [1.82, 2.24) is 4.90 Å². The number of carboxylic acid groups (broad SMARTS) is 1. The molecule has 0 amide bonds. The first-order valence-corrected chi connectivity index (χ1v) is 13.3. The van der Waals surface area contributed by atoms with E-state index < -0.39 is 5.97 Å². The van der Waals surface area contributed by atoms with Gasteiger partial charge >= 0.3 is 5.97 Å². The van der Waals surface area contributed by atoms with Crippen molar-refractivity contribution in [2.75, 3.05) is 46.1 Å². The van der Waals surface area contributed by atoms with Crippen LogP contribution in [0.3, 0.4) is 0 Å². The van der Waals surface area contributed by atoms with Gasteiger partial charge in [0.25, 0.3) is 0 Å². The highest BCUT2D eigenvalue weighted by atomic mass is 32.1. The monoisotopic (exact) mass is 553 g/mol. The van der Waals surface area contributed by atoms with Crippen LogP contribution in [-0.2, 0) is 14.3 Å². The number of phenols is 1. The molecule has 0 unspecified atom stereocenters. The molecule has 8 nitrogen and oxygen atoms in total. The number of carboxylic acids is 1. The first-order valence-electron chi connectivity index (χ1n) is 12.5. The molecule has 1 fully saturated rings. The molecule has 204 valence electrons. The van der Waals surface area contributed by atoms with Gasteiger partial charge in [-0.25, -0.2) is 9.18 Å². The molecule has 3 aromatic carbocycles. The summed E-state index contributed by atoms with van der Waals surface area (Å²) in [6.45, 7) is 3.25. The summed E-state index contributed by atoms with van der Waals surface area (Å²) in [7, 11) is 0. The number of benzene rings is 3. The number of rotatable bonds is 13. The van der Waals surface area contributed by atoms with Gasteiger partial charge in [-0.2, -0.15) is 0 Å². The van der Waals surface area contributed by atoms with Gasteiger partial charge in [0.2, 0.25) is 0 Å². The molecule has 1 saturated heterocycles. The topological polar surface area (TPSA) is 97.7 Å². The minimum atomic E-state index is -0.985. The van der Waals surface area contributed by atoms with Gasteiger partial charge < -0.3 is 29.2 Å². The summed E-state index contributed by atoms with van der Waals surface area (Å²) < 4.78 is 37.2. The molecular formula is C29H28FNO7S. The summed E-state index contributed by atoms with van der Waals surface area (Å²) in [5, 5.41) is 19.3. The van der Waals surface area contributed by atoms with Crippen molar-refractivity contribution in [1.29, 1.82) is 0 Å². The molecule has 2 heterocycles. The SMILES string of the molecule is O=C(O)COCCOC1CN(CCOc2ccc(Oc3c(-c4ccc(F)cc4)sc4cc(O)ccc34)cc2)C1. The maximum absolute atomic E-state index is 13.5. The van der Waals surface area contributed by atoms with Gasteiger partial charge in [-0.05, 0) is 60.2 Å². The van der Waals surface area contributed by atoms with E-state index in [0.717, 1.165) is 45.9 Å². The quantitative estimate of drug-likeness (QED) is 0.213. The van der Waals surface area contributed by atoms with Crippen LogP contribution in [0.4, 0.5) is 4.39 Å². The number of aliphatic carboxylic acids is 1. The van der Waals surface area contributed by atoms with Crippen molar-refractivity contribution < 1.29 is 38.3 Å². The van der Waals surface area contributed by atoms with E-state index >= 15 is 0 Å². The van der Waals surface area contributed by atoms with E-state index in [0.29, 0.717) is 24.7 Å². The molecule has 1 aromatic heterocycles. The average Bonchev–Trinajstić information content (AvgIpc) is 3.24. The van der Waals surface area contributed by atoms with E-state index in [2.05, 4.69) is 4.90 Å². The van der Waals surface area contributed by atoms with Gasteiger partial charge in [0.15, 0.2) is 5.75 Å². The van der Waals surface area contributed by atoms with Crippen molar-refractivity contribution in [3.05, 3.63) is 72.5 Å². The Bertz CT molecular complexity index is 1400. The number of nitrogens with zero attached hydrogens (tertiary/aromatic N) is 1. The number of halogens is 1. The number of carbonyl (C=O) groups is 1. The summed E-state index contributed by atoms with van der Waals surface area (Å²) >= 11 is 1.47. The van der Waals surface area contributed by atoms with Crippen LogP contribution < -0.4 is 9.47 Å². The molecule has 0 atom stereocenters. The Hall–Kier alpha value is -3.70. The van der Waals surface area contributed by atoms with Gasteiger partial charge in [0.1, 0.15) is 36.3 Å². The summed E-state index contributed by atoms with van der Waals surface area (Å²) in [4.78, 5) is 13.5. The second-order valence-electron chi connectivity index (χ2n) is 9.07. The molecule has 0 aliphatic carbocycles. The minimum absolute atomic E-state index is 0.131. The predicted molar refractivity (Wildman–Crippen MR) is 146 cm³/mol. The summed E-state index contributed by atoms with van der Waals surface area (Å²) in [6, 6.07) is 18.8. The molecule has 4 aromatic rings. The van der Waals surface area contributed by atoms with Crippen molar-refractivity contribution in [2.45, 2.75) is 6.10 Å². The molecule has 1 aliphatic heterocycles. The van der Waals surface area contributed by atoms with Crippen LogP contribution in [0.1, 0.15) is 0 Å². The lowest BCUT2D eigenvalue weighted by Crippen LogP contribution is -2.53. The number of aromatic hydroxyl groups is 1. The Kier molecular flexibility index (Phi) is 8.58. The number of thiophene rings is 1. The van der Waals surface area contributed by atoms with E-state index in [9.17, 15) is 14.3 Å². The van der Waals surface area contributed by atoms with Crippen LogP contribution in [0.5, 0.6) is 23.0 Å². The fourth-order valence-electron chi connectivity index (χ4n) is 4.21. The van der Waals surface area contributed by atoms with E-state index in [-0.39, 0.29) is 30.9 Å². The number of ether oxygens (including phenoxy) is 4. The lowest BCUT2D eigenvalue weighted by molar-refractivity contribution is -0.143. The van der Waals surface area contributed by atoms with Crippen LogP contribution in [0.2, 0.25) is 0 Å². The number of phenolic OH excluding ortho intramolecular Hbond substituents is 1. The van der Waals surface area contributed by atoms with E-state index in [4.69, 9.17) is 24.1 Å². The number of hydrogen-bond donors (Lipinski definition) is 2. The Balaban J connectivity index is 1.12. The van der Waals surface area contributed by atoms with Gasteiger partial charge in [-0.15, -0.1) is 11.3 Å². The van der Waals surface area contributed by atoms with Crippen molar-refractivity contribution >= 4 is 27.4 Å². The molecule has 0 radical (unpaired) electrons. The first kappa shape index (κ1) is 26.9. The first-order chi connectivity index (χ1) is 18.9. The Morgan fingerprint density at radius 3 is 2.46 bits per heavy atom. The Labute approximate surface area is 228 Å². The maximum atomic E-state index is 13.5. The summed E-state index contributed by atoms with van der Waals surface area (Å²) in [5.74, 6) is 0.891. The molecule has 39 heavy (non-hydrogen) atoms. The zero-order valence-electron chi connectivity index (χ0n) is 21.0. The van der Waals surface area contributed by atoms with E-state index in [1.165, 1.54) is 23.5 Å². The summed E-state index contributed by atoms with van der Waals surface area (Å²) in [5.41, 5.74) is 0.831. The molecular weight excluding hydrogens is 525 g/mol. The molecule has 0 bridgehead atoms. The van der Waals surface area contributed by atoms with Crippen molar-refractivity contribution in [3.8, 4) is 33.4 Å². The lowest BCUT2D eigenvalue weighted by Gasteiger charge is -2.38. The zero-order valence-corrected chi connectivity index (χ0v) is 21.9. The number of likely N-dealkylation sites (tertiary alicyclic amines) is 1. The van der Waals surface area contributed by atoms with Gasteiger partial charge in [-0.1, -0.05) is 12.1 Å². The van der Waals surface area contributed by atoms with Crippen LogP contribution in [0.15, 0.2) is 66.7 Å². The van der Waals surface area contributed by atoms with Crippen molar-refractivity contribution in [3.63, 3.8) is 0 Å². The number of fused-ring (bicyclic) bond motifs is 1. The molecule has 0 saturated carbocycles. The van der Waals surface area contributed by atoms with Gasteiger partial charge in [0.05, 0.1) is 24.2 Å². The van der Waals surface area contributed by atoms with Gasteiger partial charge in [-0.3, -0.25) is 4.90 Å². The third kappa shape index (κ3) is 7.04. The molecule has 2 N–H and O–H groups in total. The van der Waals surface area contributed by atoms with Crippen molar-refractivity contribution in [2.24, 2.45) is 0 Å². The van der Waals surface area contributed by atoms with Crippen LogP contribution >= 0.6 is 11.3 Å². The molecule has 0 spiro atoms. The lowest BCUT2D eigenvalue weighted by atomic mass is 10.1. The smallest absolute Gasteiger partial charge is 0.329 e. The van der Waals surface area contributed by atoms with Gasteiger partial charge in [0, 0.05) is 29.7 Å². The van der Waals surface area contributed by atoms with Crippen LogP contribution in [-0.4, -0.2) is 73.2 Å². The predicted octanol–water partition coefficient (Wildman–Crippen LogP) is 5.39. The van der Waals surface area contributed by atoms with E-state index in [1.807, 2.05) is 30.3 Å². The normalized spacial score (nSPS) is 13.9. The molecule has 1 aliphatic rings. The average molecular weight is 554 g/mol. The highest BCUT2D eigenvalue weighted by molar-refractivity contribution is 7.22. The van der Waals surface area contributed by atoms with E-state index in [1.54, 1.807) is 24.3 Å². The number of hydrogen-bond acceptors (Lipinski definition) is 8. The van der Waals surface area contributed by atoms with Crippen LogP contribution in [0.25, 0.3) is 20.5 Å². The fraction of sp³-hybridized carbons (Fsp3) is 0.276. The van der Waals surface area contributed by atoms with Crippen LogP contribution in [0, 0.1) is 5.82 Å². The third-order valence-electron chi connectivity index (χ3n) is 6.18. The standard InChI is InChI=1S/C29H28FNO7S/c30-20-3-1-19(2-4-20)29-28(25-10-5-21(32)15-26(25)39-29)38-23-8-6-22(7-9-23)36-12-11-31-16-24(17-31)37-14-13-35-18-27(33)34/h1-10,15,24,32H,11-14,16-18H2,(H,33,34). The Morgan fingerprint density at radius 2 is 1.72 bits per heavy atom. The highest BCUT2D eigenvalue weighted by Crippen LogP contribution is 2.47. The zero-order chi connectivity index (χ0) is 27.2. The second-order valence-corrected chi connectivity index (χ2v) is 10.1.